The quantitative estimate of drug-likeness (QED) is 0.494. The number of hydrogen-bond donors (Lipinski definition) is 0. The molecule has 5 rings (SSSR count). The van der Waals surface area contributed by atoms with Gasteiger partial charge in [0.15, 0.2) is 5.69 Å². The van der Waals surface area contributed by atoms with Crippen molar-refractivity contribution in [3.8, 4) is 16.9 Å². The number of benzene rings is 2. The van der Waals surface area contributed by atoms with Crippen molar-refractivity contribution in [1.29, 1.82) is 0 Å². The van der Waals surface area contributed by atoms with E-state index in [-0.39, 0.29) is 11.9 Å². The monoisotopic (exact) mass is 468 g/mol. The molecule has 3 aromatic rings. The molecule has 166 valence electrons. The van der Waals surface area contributed by atoms with E-state index in [2.05, 4.69) is 18.7 Å². The molecule has 0 unspecified atom stereocenters. The minimum atomic E-state index is 0.0176. The summed E-state index contributed by atoms with van der Waals surface area (Å²) >= 11 is 12.7. The third-order valence-corrected chi connectivity index (χ3v) is 7.22. The summed E-state index contributed by atoms with van der Waals surface area (Å²) in [5.41, 5.74) is 4.12. The molecule has 2 aliphatic heterocycles. The summed E-state index contributed by atoms with van der Waals surface area (Å²) in [6.45, 7) is 7.07. The first-order chi connectivity index (χ1) is 15.4. The minimum absolute atomic E-state index is 0.0176. The van der Waals surface area contributed by atoms with Crippen molar-refractivity contribution in [2.75, 3.05) is 13.1 Å². The Hall–Kier alpha value is -2.34. The Kier molecular flexibility index (Phi) is 5.74. The van der Waals surface area contributed by atoms with Crippen molar-refractivity contribution in [1.82, 2.24) is 19.6 Å². The number of piperidine rings is 1. The number of carbonyl (C=O) groups is 1. The number of carbonyl (C=O) groups excluding carboxylic acids is 1. The maximum Gasteiger partial charge on any atom is 0.275 e. The molecule has 1 fully saturated rings. The second-order valence-electron chi connectivity index (χ2n) is 8.84. The maximum atomic E-state index is 13.5. The molecule has 0 aliphatic carbocycles. The highest BCUT2D eigenvalue weighted by Crippen LogP contribution is 2.38. The lowest BCUT2D eigenvalue weighted by Crippen LogP contribution is -2.47. The zero-order valence-corrected chi connectivity index (χ0v) is 19.8. The van der Waals surface area contributed by atoms with Gasteiger partial charge in [-0.2, -0.15) is 5.10 Å². The van der Waals surface area contributed by atoms with Crippen molar-refractivity contribution in [3.63, 3.8) is 0 Å². The summed E-state index contributed by atoms with van der Waals surface area (Å²) in [5.74, 6) is 0.0176. The Labute approximate surface area is 198 Å². The number of para-hydroxylation sites is 1. The number of rotatable bonds is 4. The molecule has 0 spiro atoms. The largest absolute Gasteiger partial charge is 0.330 e. The van der Waals surface area contributed by atoms with Crippen LogP contribution in [0.4, 0.5) is 0 Å². The summed E-state index contributed by atoms with van der Waals surface area (Å²) in [5, 5.41) is 6.05. The molecule has 0 radical (unpaired) electrons. The van der Waals surface area contributed by atoms with Gasteiger partial charge in [0, 0.05) is 41.3 Å². The Balaban J connectivity index is 1.53. The lowest BCUT2D eigenvalue weighted by Gasteiger charge is -2.38. The summed E-state index contributed by atoms with van der Waals surface area (Å²) in [6, 6.07) is 16.0. The average Bonchev–Trinajstić information content (AvgIpc) is 3.31. The molecule has 3 heterocycles. The van der Waals surface area contributed by atoms with Crippen LogP contribution in [0.1, 0.15) is 42.7 Å². The Morgan fingerprint density at radius 1 is 1.00 bits per heavy atom. The number of amides is 1. The smallest absolute Gasteiger partial charge is 0.275 e. The number of aromatic nitrogens is 2. The van der Waals surface area contributed by atoms with Gasteiger partial charge in [-0.1, -0.05) is 47.5 Å². The van der Waals surface area contributed by atoms with E-state index in [1.807, 2.05) is 58.1 Å². The minimum Gasteiger partial charge on any atom is -0.330 e. The summed E-state index contributed by atoms with van der Waals surface area (Å²) in [6.07, 6.45) is 1.99. The number of likely N-dealkylation sites (tertiary alicyclic amines) is 1. The third-order valence-electron chi connectivity index (χ3n) is 6.64. The van der Waals surface area contributed by atoms with Crippen molar-refractivity contribution in [2.45, 2.75) is 45.3 Å². The second-order valence-corrected chi connectivity index (χ2v) is 9.68. The SMILES string of the molecule is CC(C)N1CCC(N2Cc3c(nn(-c4ccccc4Cl)c3-c3ccc(Cl)cc3)C2=O)CC1. The molecule has 0 bridgehead atoms. The van der Waals surface area contributed by atoms with E-state index >= 15 is 0 Å². The molecule has 5 nitrogen and oxygen atoms in total. The number of nitrogens with zero attached hydrogens (tertiary/aromatic N) is 4. The zero-order chi connectivity index (χ0) is 22.4. The molecule has 0 saturated carbocycles. The van der Waals surface area contributed by atoms with Crippen LogP contribution in [0.25, 0.3) is 16.9 Å². The van der Waals surface area contributed by atoms with Gasteiger partial charge in [-0.3, -0.25) is 4.79 Å². The zero-order valence-electron chi connectivity index (χ0n) is 18.3. The first-order valence-corrected chi connectivity index (χ1v) is 11.9. The normalized spacial score (nSPS) is 17.4. The molecule has 32 heavy (non-hydrogen) atoms. The third kappa shape index (κ3) is 3.72. The van der Waals surface area contributed by atoms with Crippen molar-refractivity contribution < 1.29 is 4.79 Å². The standard InChI is InChI=1S/C25H26Cl2N4O/c1-16(2)29-13-11-19(12-14-29)30-15-20-23(25(30)32)28-31(22-6-4-3-5-21(22)27)24(20)17-7-9-18(26)10-8-17/h3-10,16,19H,11-15H2,1-2H3. The highest BCUT2D eigenvalue weighted by molar-refractivity contribution is 6.32. The summed E-state index contributed by atoms with van der Waals surface area (Å²) < 4.78 is 1.81. The molecular formula is C25H26Cl2N4O. The molecule has 0 N–H and O–H groups in total. The van der Waals surface area contributed by atoms with E-state index < -0.39 is 0 Å². The van der Waals surface area contributed by atoms with Gasteiger partial charge in [-0.25, -0.2) is 4.68 Å². The van der Waals surface area contributed by atoms with Crippen LogP contribution >= 0.6 is 23.2 Å². The predicted octanol–water partition coefficient (Wildman–Crippen LogP) is 5.67. The Morgan fingerprint density at radius 2 is 1.69 bits per heavy atom. The Bertz CT molecular complexity index is 1150. The lowest BCUT2D eigenvalue weighted by atomic mass is 10.0. The fraction of sp³-hybridized carbons (Fsp3) is 0.360. The Morgan fingerprint density at radius 3 is 2.34 bits per heavy atom. The molecule has 1 saturated heterocycles. The van der Waals surface area contributed by atoms with E-state index in [1.54, 1.807) is 0 Å². The van der Waals surface area contributed by atoms with Crippen LogP contribution in [0.3, 0.4) is 0 Å². The van der Waals surface area contributed by atoms with Gasteiger partial charge in [0.25, 0.3) is 5.91 Å². The molecule has 0 atom stereocenters. The lowest BCUT2D eigenvalue weighted by molar-refractivity contribution is 0.0560. The highest BCUT2D eigenvalue weighted by atomic mass is 35.5. The predicted molar refractivity (Wildman–Crippen MR) is 129 cm³/mol. The van der Waals surface area contributed by atoms with Gasteiger partial charge >= 0.3 is 0 Å². The number of hydrogen-bond acceptors (Lipinski definition) is 3. The van der Waals surface area contributed by atoms with Crippen molar-refractivity contribution in [2.24, 2.45) is 0 Å². The van der Waals surface area contributed by atoms with Crippen LogP contribution in [0.2, 0.25) is 10.0 Å². The van der Waals surface area contributed by atoms with Gasteiger partial charge in [-0.15, -0.1) is 0 Å². The molecular weight excluding hydrogens is 443 g/mol. The van der Waals surface area contributed by atoms with E-state index in [0.717, 1.165) is 48.4 Å². The second kappa shape index (κ2) is 8.54. The molecule has 7 heteroatoms. The van der Waals surface area contributed by atoms with E-state index in [0.29, 0.717) is 28.3 Å². The molecule has 2 aromatic carbocycles. The van der Waals surface area contributed by atoms with Crippen LogP contribution in [-0.2, 0) is 6.54 Å². The summed E-state index contributed by atoms with van der Waals surface area (Å²) in [4.78, 5) is 18.0. The van der Waals surface area contributed by atoms with Gasteiger partial charge in [-0.05, 0) is 51.0 Å². The van der Waals surface area contributed by atoms with Crippen LogP contribution in [0.15, 0.2) is 48.5 Å². The first-order valence-electron chi connectivity index (χ1n) is 11.1. The van der Waals surface area contributed by atoms with Gasteiger partial charge in [0.1, 0.15) is 0 Å². The molecule has 2 aliphatic rings. The van der Waals surface area contributed by atoms with Crippen molar-refractivity contribution >= 4 is 29.1 Å². The molecule has 1 aromatic heterocycles. The van der Waals surface area contributed by atoms with Crippen LogP contribution in [0.5, 0.6) is 0 Å². The van der Waals surface area contributed by atoms with E-state index in [9.17, 15) is 4.79 Å². The van der Waals surface area contributed by atoms with Crippen LogP contribution in [-0.4, -0.2) is 50.7 Å². The highest BCUT2D eigenvalue weighted by Gasteiger charge is 2.39. The van der Waals surface area contributed by atoms with E-state index in [4.69, 9.17) is 28.3 Å². The summed E-state index contributed by atoms with van der Waals surface area (Å²) in [7, 11) is 0. The number of fused-ring (bicyclic) bond motifs is 1. The van der Waals surface area contributed by atoms with Crippen LogP contribution in [0, 0.1) is 0 Å². The number of halogens is 2. The first kappa shape index (κ1) is 21.5. The average molecular weight is 469 g/mol. The maximum absolute atomic E-state index is 13.5. The topological polar surface area (TPSA) is 41.4 Å². The van der Waals surface area contributed by atoms with Gasteiger partial charge in [0.05, 0.1) is 22.9 Å². The van der Waals surface area contributed by atoms with Crippen LogP contribution < -0.4 is 0 Å². The molecule has 1 amide bonds. The fourth-order valence-electron chi connectivity index (χ4n) is 4.86. The van der Waals surface area contributed by atoms with Crippen molar-refractivity contribution in [3.05, 3.63) is 69.8 Å². The van der Waals surface area contributed by atoms with E-state index in [1.165, 1.54) is 0 Å². The van der Waals surface area contributed by atoms with Gasteiger partial charge in [0.2, 0.25) is 0 Å². The fourth-order valence-corrected chi connectivity index (χ4v) is 5.20. The van der Waals surface area contributed by atoms with Gasteiger partial charge < -0.3 is 9.80 Å².